The molecule has 1 rings (SSSR count). The molecule has 1 N–H and O–H groups in total. The van der Waals surface area contributed by atoms with Gasteiger partial charge in [0.2, 0.25) is 0 Å². The molecule has 0 spiro atoms. The van der Waals surface area contributed by atoms with Gasteiger partial charge in [0, 0.05) is 15.5 Å². The Kier molecular flexibility index (Phi) is 5.14. The number of nitrogens with zero attached hydrogens (tertiary/aromatic N) is 3. The Balaban J connectivity index is 0.00000169. The Morgan fingerprint density at radius 2 is 1.79 bits per heavy atom. The zero-order valence-electron chi connectivity index (χ0n) is 7.38. The first-order chi connectivity index (χ1) is 6.04. The van der Waals surface area contributed by atoms with E-state index in [9.17, 15) is 8.42 Å². The molecule has 0 saturated carbocycles. The first-order valence-electron chi connectivity index (χ1n) is 3.19. The molecule has 0 atom stereocenters. The number of hydrogen-bond donors (Lipinski definition) is 0. The Morgan fingerprint density at radius 1 is 1.29 bits per heavy atom. The van der Waals surface area contributed by atoms with Crippen molar-refractivity contribution in [1.29, 1.82) is 0 Å². The Bertz CT molecular complexity index is 449. The topological polar surface area (TPSA) is 107 Å². The van der Waals surface area contributed by atoms with Crippen LogP contribution < -0.4 is 29.6 Å². The van der Waals surface area contributed by atoms with Crippen molar-refractivity contribution in [3.05, 3.63) is 39.8 Å². The number of sulfonamides is 1. The van der Waals surface area contributed by atoms with Crippen LogP contribution in [0.2, 0.25) is 0 Å². The molecule has 0 aromatic heterocycles. The Labute approximate surface area is 103 Å². The van der Waals surface area contributed by atoms with Crippen molar-refractivity contribution in [2.45, 2.75) is 4.90 Å². The molecule has 0 unspecified atom stereocenters. The van der Waals surface area contributed by atoms with Gasteiger partial charge < -0.3 is 5.14 Å². The third-order valence-electron chi connectivity index (χ3n) is 1.31. The van der Waals surface area contributed by atoms with Crippen LogP contribution in [0.1, 0.15) is 0 Å². The summed E-state index contributed by atoms with van der Waals surface area (Å²) in [5.74, 6) is 0. The zero-order valence-corrected chi connectivity index (χ0v) is 10.2. The molecular weight excluding hydrogens is 215 g/mol. The second kappa shape index (κ2) is 5.35. The van der Waals surface area contributed by atoms with Crippen LogP contribution in [0, 0.1) is 0 Å². The van der Waals surface area contributed by atoms with E-state index in [-0.39, 0.29) is 34.5 Å². The number of rotatable bonds is 2. The number of hydrogen-bond acceptors (Lipinski definition) is 3. The second-order valence-corrected chi connectivity index (χ2v) is 3.67. The third kappa shape index (κ3) is 3.67. The fourth-order valence-electron chi connectivity index (χ4n) is 0.744. The first-order valence-corrected chi connectivity index (χ1v) is 4.67. The SMILES string of the molecule is [N-]=[N+]=Nc1ccc(S([NH-])(=O)=O)cc1.[Na+]. The molecule has 68 valence electrons. The summed E-state index contributed by atoms with van der Waals surface area (Å²) in [6.07, 6.45) is 0. The minimum absolute atomic E-state index is 0. The predicted molar refractivity (Wildman–Crippen MR) is 46.8 cm³/mol. The number of nitrogens with one attached hydrogen (secondary N) is 1. The molecule has 0 aliphatic heterocycles. The predicted octanol–water partition coefficient (Wildman–Crippen LogP) is -0.627. The fourth-order valence-corrected chi connectivity index (χ4v) is 1.24. The molecule has 6 nitrogen and oxygen atoms in total. The molecular formula is C6H5N4NaO2S. The van der Waals surface area contributed by atoms with Crippen LogP contribution in [0.5, 0.6) is 0 Å². The first kappa shape index (κ1) is 13.4. The molecule has 1 aromatic carbocycles. The van der Waals surface area contributed by atoms with Crippen molar-refractivity contribution in [1.82, 2.24) is 0 Å². The van der Waals surface area contributed by atoms with Crippen LogP contribution in [0.4, 0.5) is 5.69 Å². The minimum Gasteiger partial charge on any atom is -0.560 e. The van der Waals surface area contributed by atoms with Gasteiger partial charge in [-0.25, -0.2) is 8.42 Å². The third-order valence-corrected chi connectivity index (χ3v) is 2.20. The molecule has 1 aromatic rings. The second-order valence-electron chi connectivity index (χ2n) is 2.19. The summed E-state index contributed by atoms with van der Waals surface area (Å²) in [5.41, 5.74) is 8.37. The van der Waals surface area contributed by atoms with Crippen molar-refractivity contribution in [2.75, 3.05) is 0 Å². The maximum Gasteiger partial charge on any atom is 1.00 e. The van der Waals surface area contributed by atoms with Gasteiger partial charge in [-0.05, 0) is 17.7 Å². The van der Waals surface area contributed by atoms with E-state index in [1.54, 1.807) is 0 Å². The van der Waals surface area contributed by atoms with E-state index < -0.39 is 10.0 Å². The molecule has 0 bridgehead atoms. The molecule has 8 heteroatoms. The largest absolute Gasteiger partial charge is 1.00 e. The van der Waals surface area contributed by atoms with Crippen LogP contribution in [0.3, 0.4) is 0 Å². The molecule has 0 saturated heterocycles. The number of benzene rings is 1. The zero-order chi connectivity index (χ0) is 9.90. The monoisotopic (exact) mass is 220 g/mol. The smallest absolute Gasteiger partial charge is 0.560 e. The van der Waals surface area contributed by atoms with Crippen molar-refractivity contribution >= 4 is 15.7 Å². The van der Waals surface area contributed by atoms with Crippen LogP contribution >= 0.6 is 0 Å². The van der Waals surface area contributed by atoms with Gasteiger partial charge >= 0.3 is 29.6 Å². The average molecular weight is 220 g/mol. The summed E-state index contributed by atoms with van der Waals surface area (Å²) in [6, 6.07) is 5.10. The quantitative estimate of drug-likeness (QED) is 0.286. The van der Waals surface area contributed by atoms with Crippen LogP contribution in [0.25, 0.3) is 15.6 Å². The van der Waals surface area contributed by atoms with Crippen molar-refractivity contribution < 1.29 is 38.0 Å². The standard InChI is InChI=1S/C6H5N4O2S.Na/c7-10-9-5-1-3-6(4-2-5)13(8,11)12;/h1-4H,(H-,8,11,12);/q-1;+1. The van der Waals surface area contributed by atoms with E-state index in [4.69, 9.17) is 10.7 Å². The number of azide groups is 1. The van der Waals surface area contributed by atoms with Crippen molar-refractivity contribution in [3.63, 3.8) is 0 Å². The summed E-state index contributed by atoms with van der Waals surface area (Å²) in [6.45, 7) is 0. The van der Waals surface area contributed by atoms with Crippen LogP contribution in [-0.2, 0) is 10.0 Å². The summed E-state index contributed by atoms with van der Waals surface area (Å²) < 4.78 is 21.3. The summed E-state index contributed by atoms with van der Waals surface area (Å²) >= 11 is 0. The maximum absolute atomic E-state index is 10.7. The van der Waals surface area contributed by atoms with Gasteiger partial charge in [0.15, 0.2) is 0 Å². The van der Waals surface area contributed by atoms with Crippen LogP contribution in [0.15, 0.2) is 34.3 Å². The minimum atomic E-state index is -3.92. The van der Waals surface area contributed by atoms with Crippen molar-refractivity contribution in [3.8, 4) is 0 Å². The van der Waals surface area contributed by atoms with Gasteiger partial charge in [-0.1, -0.05) is 17.2 Å². The molecule has 0 heterocycles. The average Bonchev–Trinajstić information content (AvgIpc) is 2.04. The molecule has 0 fully saturated rings. The molecule has 0 aliphatic carbocycles. The van der Waals surface area contributed by atoms with Gasteiger partial charge in [-0.3, -0.25) is 0 Å². The van der Waals surface area contributed by atoms with Gasteiger partial charge in [0.1, 0.15) is 0 Å². The molecule has 0 radical (unpaired) electrons. The van der Waals surface area contributed by atoms with E-state index in [1.165, 1.54) is 24.3 Å². The summed E-state index contributed by atoms with van der Waals surface area (Å²) in [5, 5.41) is 9.97. The van der Waals surface area contributed by atoms with E-state index in [2.05, 4.69) is 10.0 Å². The fraction of sp³-hybridized carbons (Fsp3) is 0. The molecule has 0 amide bonds. The Hall–Kier alpha value is -0.560. The Morgan fingerprint density at radius 3 is 2.14 bits per heavy atom. The van der Waals surface area contributed by atoms with E-state index in [0.717, 1.165) is 0 Å². The summed E-state index contributed by atoms with van der Waals surface area (Å²) in [4.78, 5) is 2.41. The van der Waals surface area contributed by atoms with Gasteiger partial charge in [0.05, 0.1) is 10.0 Å². The molecule has 14 heavy (non-hydrogen) atoms. The molecule has 0 aliphatic rings. The van der Waals surface area contributed by atoms with Gasteiger partial charge in [-0.15, -0.1) is 0 Å². The van der Waals surface area contributed by atoms with Gasteiger partial charge in [0.25, 0.3) is 0 Å². The normalized spacial score (nSPS) is 9.79. The summed E-state index contributed by atoms with van der Waals surface area (Å²) in [7, 11) is -3.92. The maximum atomic E-state index is 10.7. The van der Waals surface area contributed by atoms with E-state index in [1.807, 2.05) is 0 Å². The van der Waals surface area contributed by atoms with Crippen molar-refractivity contribution in [2.24, 2.45) is 5.11 Å². The van der Waals surface area contributed by atoms with E-state index in [0.29, 0.717) is 5.69 Å². The van der Waals surface area contributed by atoms with Crippen LogP contribution in [-0.4, -0.2) is 8.42 Å². The van der Waals surface area contributed by atoms with Gasteiger partial charge in [-0.2, -0.15) is 0 Å². The van der Waals surface area contributed by atoms with E-state index >= 15 is 0 Å².